The molecule has 53 heavy (non-hydrogen) atoms. The van der Waals surface area contributed by atoms with Gasteiger partial charge in [0.2, 0.25) is 6.10 Å². The summed E-state index contributed by atoms with van der Waals surface area (Å²) in [5.41, 5.74) is 12.4. The van der Waals surface area contributed by atoms with Gasteiger partial charge in [0.25, 0.3) is 5.91 Å². The van der Waals surface area contributed by atoms with Gasteiger partial charge in [0.15, 0.2) is 12.2 Å². The Balaban J connectivity index is 0.000000188. The number of rotatable bonds is 13. The number of carboxylic acid groups (broad SMARTS) is 2. The number of benzene rings is 3. The van der Waals surface area contributed by atoms with Crippen LogP contribution in [0, 0.1) is 0 Å². The zero-order valence-electron chi connectivity index (χ0n) is 30.3. The quantitative estimate of drug-likeness (QED) is 0.170. The molecule has 4 N–H and O–H groups in total. The fraction of sp³-hybridized carbons (Fsp3) is 0.463. The Kier molecular flexibility index (Phi) is 12.4. The second kappa shape index (κ2) is 17.4. The van der Waals surface area contributed by atoms with E-state index >= 15 is 0 Å². The highest BCUT2D eigenvalue weighted by molar-refractivity contribution is 5.97. The number of carbonyl (C=O) groups excluding carboxylic acids is 2. The van der Waals surface area contributed by atoms with Crippen molar-refractivity contribution in [2.75, 3.05) is 38.1 Å². The van der Waals surface area contributed by atoms with Gasteiger partial charge in [-0.2, -0.15) is 0 Å². The molecule has 0 heterocycles. The molecule has 3 aromatic rings. The zero-order valence-corrected chi connectivity index (χ0v) is 30.3. The van der Waals surface area contributed by atoms with E-state index in [1.165, 1.54) is 58.7 Å². The van der Waals surface area contributed by atoms with Gasteiger partial charge in [-0.1, -0.05) is 42.5 Å². The number of hydrogen-bond acceptors (Lipinski definition) is 8. The zero-order chi connectivity index (χ0) is 37.5. The first-order valence-corrected chi connectivity index (χ1v) is 18.4. The molecule has 3 atom stereocenters. The van der Waals surface area contributed by atoms with Crippen LogP contribution in [0.4, 0.5) is 16.2 Å². The number of ether oxygens (including phenoxy) is 4. The van der Waals surface area contributed by atoms with Crippen molar-refractivity contribution in [3.63, 3.8) is 0 Å². The number of aryl methyl sites for hydroxylation is 4. The van der Waals surface area contributed by atoms with Crippen LogP contribution in [0.3, 0.4) is 0 Å². The van der Waals surface area contributed by atoms with Crippen molar-refractivity contribution in [1.29, 1.82) is 0 Å². The Labute approximate surface area is 309 Å². The molecule has 4 aliphatic rings. The molecule has 3 aromatic carbocycles. The molecule has 0 fully saturated rings. The van der Waals surface area contributed by atoms with Crippen LogP contribution in [0.2, 0.25) is 0 Å². The van der Waals surface area contributed by atoms with Crippen LogP contribution >= 0.6 is 0 Å². The number of hydrogen-bond donors (Lipinski definition) is 4. The van der Waals surface area contributed by atoms with E-state index in [1.807, 2.05) is 18.2 Å². The van der Waals surface area contributed by atoms with Gasteiger partial charge in [0.05, 0.1) is 18.9 Å². The van der Waals surface area contributed by atoms with Crippen molar-refractivity contribution in [2.45, 2.75) is 95.4 Å². The SMILES string of the molecule is COC[C@@H](OC(=O)Nc1c2c(cc3c1CCC3)CCC2)C(=O)O.COC[C@@H](OC(C(=O)Nc1c2c(cc3c1CCC3)CCC2)c1ccccc1)C(=O)O. The molecule has 282 valence electrons. The molecular weight excluding hydrogens is 680 g/mol. The van der Waals surface area contributed by atoms with E-state index in [0.717, 1.165) is 88.4 Å². The third kappa shape index (κ3) is 8.72. The van der Waals surface area contributed by atoms with Gasteiger partial charge >= 0.3 is 18.0 Å². The van der Waals surface area contributed by atoms with E-state index in [9.17, 15) is 24.3 Å². The Morgan fingerprint density at radius 3 is 1.49 bits per heavy atom. The van der Waals surface area contributed by atoms with Gasteiger partial charge in [-0.15, -0.1) is 0 Å². The standard InChI is InChI=1S/C24H27NO5.C17H21NO5/c1-29-14-20(24(27)28)30-22(15-7-3-2-4-8-15)23(26)25-21-18-11-5-9-16(18)13-17-10-6-12-19(17)21;1-22-9-14(16(19)20)23-17(21)18-15-12-6-2-4-10(12)8-11-5-3-7-13(11)15/h2-4,7-8,13,20,22H,5-6,9-12,14H2,1H3,(H,25,26)(H,27,28);8,14H,2-7,9H2,1H3,(H,18,21)(H,19,20)/t20-,22?;14-/m11/s1. The lowest BCUT2D eigenvalue weighted by Crippen LogP contribution is -2.35. The molecule has 0 aliphatic heterocycles. The van der Waals surface area contributed by atoms with Gasteiger partial charge in [0, 0.05) is 19.9 Å². The van der Waals surface area contributed by atoms with Crippen LogP contribution in [0.15, 0.2) is 42.5 Å². The number of carboxylic acids is 2. The highest BCUT2D eigenvalue weighted by Gasteiger charge is 2.32. The lowest BCUT2D eigenvalue weighted by molar-refractivity contribution is -0.161. The first-order valence-electron chi connectivity index (χ1n) is 18.4. The number of nitrogens with one attached hydrogen (secondary N) is 2. The number of aliphatic carboxylic acids is 2. The van der Waals surface area contributed by atoms with Crippen LogP contribution in [0.1, 0.15) is 81.9 Å². The number of methoxy groups -OCH3 is 2. The third-order valence-corrected chi connectivity index (χ3v) is 10.5. The predicted molar refractivity (Wildman–Crippen MR) is 197 cm³/mol. The molecular formula is C41H48N2O10. The summed E-state index contributed by atoms with van der Waals surface area (Å²) in [5.74, 6) is -2.73. The lowest BCUT2D eigenvalue weighted by atomic mass is 9.98. The molecule has 0 saturated heterocycles. The van der Waals surface area contributed by atoms with E-state index in [2.05, 4.69) is 22.8 Å². The Bertz CT molecular complexity index is 1780. The van der Waals surface area contributed by atoms with Crippen molar-refractivity contribution in [3.05, 3.63) is 92.5 Å². The second-order valence-corrected chi connectivity index (χ2v) is 14.0. The maximum Gasteiger partial charge on any atom is 0.412 e. The molecule has 0 saturated carbocycles. The van der Waals surface area contributed by atoms with Crippen LogP contribution in [-0.2, 0) is 84.7 Å². The molecule has 12 heteroatoms. The number of anilines is 2. The fourth-order valence-corrected chi connectivity index (χ4v) is 8.09. The van der Waals surface area contributed by atoms with Crippen molar-refractivity contribution in [2.24, 2.45) is 0 Å². The summed E-state index contributed by atoms with van der Waals surface area (Å²) in [7, 11) is 2.78. The summed E-state index contributed by atoms with van der Waals surface area (Å²) in [4.78, 5) is 48.2. The molecule has 0 bridgehead atoms. The van der Waals surface area contributed by atoms with E-state index in [-0.39, 0.29) is 19.1 Å². The van der Waals surface area contributed by atoms with Crippen molar-refractivity contribution in [3.8, 4) is 0 Å². The maximum absolute atomic E-state index is 13.4. The first-order chi connectivity index (χ1) is 25.7. The normalized spacial score (nSPS) is 16.6. The van der Waals surface area contributed by atoms with Gasteiger partial charge in [-0.05, 0) is 127 Å². The largest absolute Gasteiger partial charge is 0.479 e. The van der Waals surface area contributed by atoms with Crippen LogP contribution in [0.25, 0.3) is 0 Å². The van der Waals surface area contributed by atoms with Gasteiger partial charge in [-0.25, -0.2) is 14.4 Å². The number of amides is 2. The molecule has 12 nitrogen and oxygen atoms in total. The number of carbonyl (C=O) groups is 4. The fourth-order valence-electron chi connectivity index (χ4n) is 8.09. The van der Waals surface area contributed by atoms with Crippen LogP contribution in [-0.4, -0.2) is 73.8 Å². The minimum Gasteiger partial charge on any atom is -0.479 e. The molecule has 0 radical (unpaired) electrons. The first kappa shape index (κ1) is 38.0. The summed E-state index contributed by atoms with van der Waals surface area (Å²) in [6.45, 7) is -0.310. The second-order valence-electron chi connectivity index (χ2n) is 14.0. The Morgan fingerprint density at radius 2 is 1.06 bits per heavy atom. The predicted octanol–water partition coefficient (Wildman–Crippen LogP) is 5.77. The van der Waals surface area contributed by atoms with Crippen molar-refractivity contribution >= 4 is 35.3 Å². The van der Waals surface area contributed by atoms with Gasteiger partial charge < -0.3 is 34.5 Å². The minimum absolute atomic E-state index is 0.137. The summed E-state index contributed by atoms with van der Waals surface area (Å²) in [6, 6.07) is 13.6. The summed E-state index contributed by atoms with van der Waals surface area (Å²) in [5, 5.41) is 24.5. The molecule has 0 aromatic heterocycles. The molecule has 4 aliphatic carbocycles. The topological polar surface area (TPSA) is 170 Å². The highest BCUT2D eigenvalue weighted by atomic mass is 16.6. The average Bonchev–Trinajstić information content (AvgIpc) is 3.98. The van der Waals surface area contributed by atoms with E-state index < -0.39 is 36.3 Å². The van der Waals surface area contributed by atoms with Gasteiger partial charge in [0.1, 0.15) is 0 Å². The molecule has 1 unspecified atom stereocenters. The smallest absolute Gasteiger partial charge is 0.412 e. The molecule has 7 rings (SSSR count). The van der Waals surface area contributed by atoms with E-state index in [1.54, 1.807) is 12.1 Å². The third-order valence-electron chi connectivity index (χ3n) is 10.5. The van der Waals surface area contributed by atoms with Gasteiger partial charge in [-0.3, -0.25) is 10.1 Å². The summed E-state index contributed by atoms with van der Waals surface area (Å²) >= 11 is 0. The molecule has 2 amide bonds. The van der Waals surface area contributed by atoms with E-state index in [4.69, 9.17) is 24.1 Å². The van der Waals surface area contributed by atoms with Crippen LogP contribution < -0.4 is 10.6 Å². The monoisotopic (exact) mass is 728 g/mol. The van der Waals surface area contributed by atoms with Crippen molar-refractivity contribution < 1.29 is 48.3 Å². The van der Waals surface area contributed by atoms with E-state index in [0.29, 0.717) is 5.56 Å². The number of fused-ring (bicyclic) bond motifs is 4. The summed E-state index contributed by atoms with van der Waals surface area (Å²) < 4.78 is 20.5. The Hall–Kier alpha value is -4.78. The highest BCUT2D eigenvalue weighted by Crippen LogP contribution is 2.40. The minimum atomic E-state index is -1.30. The summed E-state index contributed by atoms with van der Waals surface area (Å²) in [6.07, 6.45) is 7.99. The lowest BCUT2D eigenvalue weighted by Gasteiger charge is -2.24. The van der Waals surface area contributed by atoms with Crippen molar-refractivity contribution in [1.82, 2.24) is 0 Å². The molecule has 0 spiro atoms. The Morgan fingerprint density at radius 1 is 0.623 bits per heavy atom. The average molecular weight is 729 g/mol. The van der Waals surface area contributed by atoms with Crippen LogP contribution in [0.5, 0.6) is 0 Å². The maximum atomic E-state index is 13.4.